The number of rotatable bonds is 7. The number of nitrogens with one attached hydrogen (secondary N) is 1. The highest BCUT2D eigenvalue weighted by Crippen LogP contribution is 2.24. The number of likely N-dealkylation sites (N-methyl/N-ethyl adjacent to an activating group) is 1. The van der Waals surface area contributed by atoms with Gasteiger partial charge in [0, 0.05) is 13.1 Å². The summed E-state index contributed by atoms with van der Waals surface area (Å²) >= 11 is 0. The normalized spacial score (nSPS) is 11.8. The summed E-state index contributed by atoms with van der Waals surface area (Å²) in [6.45, 7) is 3.00. The fraction of sp³-hybridized carbons (Fsp3) is 0.538. The lowest BCUT2D eigenvalue weighted by Crippen LogP contribution is -2.31. The van der Waals surface area contributed by atoms with Crippen LogP contribution in [0, 0.1) is 0 Å². The standard InChI is InChI=1S/C13H22N2O3S/c1-5-11-6-7-12(18-4)13(10-11)19(16,17)14-8-9-15(2)3/h6-7,10,14H,5,8-9H2,1-4H3. The number of benzene rings is 1. The van der Waals surface area contributed by atoms with Crippen molar-refractivity contribution in [2.75, 3.05) is 34.3 Å². The van der Waals surface area contributed by atoms with Crippen LogP contribution in [0.3, 0.4) is 0 Å². The van der Waals surface area contributed by atoms with Crippen molar-refractivity contribution in [3.63, 3.8) is 0 Å². The predicted molar refractivity (Wildman–Crippen MR) is 76.1 cm³/mol. The summed E-state index contributed by atoms with van der Waals surface area (Å²) in [5.74, 6) is 0.370. The third kappa shape index (κ3) is 4.49. The van der Waals surface area contributed by atoms with E-state index >= 15 is 0 Å². The molecule has 0 amide bonds. The third-order valence-electron chi connectivity index (χ3n) is 2.78. The molecule has 1 N–H and O–H groups in total. The molecule has 0 bridgehead atoms. The van der Waals surface area contributed by atoms with Crippen LogP contribution in [-0.2, 0) is 16.4 Å². The maximum absolute atomic E-state index is 12.3. The zero-order valence-corrected chi connectivity index (χ0v) is 12.8. The molecule has 0 aliphatic heterocycles. The van der Waals surface area contributed by atoms with Gasteiger partial charge < -0.3 is 9.64 Å². The molecule has 5 nitrogen and oxygen atoms in total. The van der Waals surface area contributed by atoms with Crippen LogP contribution in [0.5, 0.6) is 5.75 Å². The van der Waals surface area contributed by atoms with Crippen LogP contribution in [0.4, 0.5) is 0 Å². The Bertz CT molecular complexity index is 513. The fourth-order valence-corrected chi connectivity index (χ4v) is 2.87. The van der Waals surface area contributed by atoms with Crippen molar-refractivity contribution < 1.29 is 13.2 Å². The minimum absolute atomic E-state index is 0.202. The molecular weight excluding hydrogens is 264 g/mol. The fourth-order valence-electron chi connectivity index (χ4n) is 1.63. The summed E-state index contributed by atoms with van der Waals surface area (Å²) in [6, 6.07) is 5.23. The summed E-state index contributed by atoms with van der Waals surface area (Å²) in [7, 11) is 1.73. The summed E-state index contributed by atoms with van der Waals surface area (Å²) in [6.07, 6.45) is 0.782. The Hall–Kier alpha value is -1.11. The van der Waals surface area contributed by atoms with Gasteiger partial charge in [0.15, 0.2) is 0 Å². The summed E-state index contributed by atoms with van der Waals surface area (Å²) in [4.78, 5) is 2.12. The minimum Gasteiger partial charge on any atom is -0.495 e. The van der Waals surface area contributed by atoms with Gasteiger partial charge in [-0.05, 0) is 38.2 Å². The lowest BCUT2D eigenvalue weighted by Gasteiger charge is -2.13. The molecule has 0 aromatic heterocycles. The van der Waals surface area contributed by atoms with Gasteiger partial charge in [-0.1, -0.05) is 13.0 Å². The Kier molecular flexibility index (Phi) is 5.78. The molecule has 0 radical (unpaired) electrons. The van der Waals surface area contributed by atoms with Gasteiger partial charge in [0.25, 0.3) is 0 Å². The molecule has 0 unspecified atom stereocenters. The molecule has 0 spiro atoms. The van der Waals surface area contributed by atoms with Crippen molar-refractivity contribution in [1.82, 2.24) is 9.62 Å². The average Bonchev–Trinajstić information content (AvgIpc) is 2.37. The van der Waals surface area contributed by atoms with E-state index < -0.39 is 10.0 Å². The Morgan fingerprint density at radius 1 is 1.32 bits per heavy atom. The lowest BCUT2D eigenvalue weighted by molar-refractivity contribution is 0.400. The minimum atomic E-state index is -3.53. The van der Waals surface area contributed by atoms with Crippen LogP contribution >= 0.6 is 0 Å². The van der Waals surface area contributed by atoms with E-state index in [0.717, 1.165) is 12.0 Å². The van der Waals surface area contributed by atoms with Gasteiger partial charge in [-0.15, -0.1) is 0 Å². The molecule has 1 aromatic rings. The van der Waals surface area contributed by atoms with Crippen molar-refractivity contribution >= 4 is 10.0 Å². The SMILES string of the molecule is CCc1ccc(OC)c(S(=O)(=O)NCCN(C)C)c1. The van der Waals surface area contributed by atoms with E-state index in [1.165, 1.54) is 7.11 Å². The smallest absolute Gasteiger partial charge is 0.244 e. The molecule has 0 saturated carbocycles. The Morgan fingerprint density at radius 3 is 2.53 bits per heavy atom. The lowest BCUT2D eigenvalue weighted by atomic mass is 10.2. The van der Waals surface area contributed by atoms with Crippen LogP contribution < -0.4 is 9.46 Å². The van der Waals surface area contributed by atoms with Crippen molar-refractivity contribution in [3.05, 3.63) is 23.8 Å². The molecule has 1 rings (SSSR count). The number of aryl methyl sites for hydroxylation is 1. The third-order valence-corrected chi connectivity index (χ3v) is 4.26. The predicted octanol–water partition coefficient (Wildman–Crippen LogP) is 1.10. The van der Waals surface area contributed by atoms with Crippen molar-refractivity contribution in [2.45, 2.75) is 18.2 Å². The first-order valence-electron chi connectivity index (χ1n) is 6.22. The molecule has 0 saturated heterocycles. The monoisotopic (exact) mass is 286 g/mol. The molecule has 0 heterocycles. The second-order valence-electron chi connectivity index (χ2n) is 4.54. The molecule has 0 fully saturated rings. The number of hydrogen-bond acceptors (Lipinski definition) is 4. The van der Waals surface area contributed by atoms with E-state index in [1.807, 2.05) is 32.0 Å². The first-order valence-corrected chi connectivity index (χ1v) is 7.70. The molecule has 6 heteroatoms. The van der Waals surface area contributed by atoms with Gasteiger partial charge in [-0.2, -0.15) is 0 Å². The van der Waals surface area contributed by atoms with Gasteiger partial charge in [-0.25, -0.2) is 13.1 Å². The quantitative estimate of drug-likeness (QED) is 0.815. The van der Waals surface area contributed by atoms with Crippen LogP contribution in [0.15, 0.2) is 23.1 Å². The maximum atomic E-state index is 12.3. The van der Waals surface area contributed by atoms with Gasteiger partial charge >= 0.3 is 0 Å². The van der Waals surface area contributed by atoms with E-state index in [9.17, 15) is 8.42 Å². The van der Waals surface area contributed by atoms with Crippen molar-refractivity contribution in [3.8, 4) is 5.75 Å². The van der Waals surface area contributed by atoms with Crippen LogP contribution in [-0.4, -0.2) is 47.6 Å². The van der Waals surface area contributed by atoms with Gasteiger partial charge in [0.05, 0.1) is 7.11 Å². The van der Waals surface area contributed by atoms with Crippen LogP contribution in [0.1, 0.15) is 12.5 Å². The van der Waals surface area contributed by atoms with Gasteiger partial charge in [-0.3, -0.25) is 0 Å². The number of nitrogens with zero attached hydrogens (tertiary/aromatic N) is 1. The second-order valence-corrected chi connectivity index (χ2v) is 6.28. The Labute approximate surface area is 115 Å². The van der Waals surface area contributed by atoms with E-state index in [-0.39, 0.29) is 4.90 Å². The highest BCUT2D eigenvalue weighted by Gasteiger charge is 2.19. The van der Waals surface area contributed by atoms with E-state index in [0.29, 0.717) is 18.8 Å². The summed E-state index contributed by atoms with van der Waals surface area (Å²) in [5, 5.41) is 0. The van der Waals surface area contributed by atoms with E-state index in [2.05, 4.69) is 4.72 Å². The Morgan fingerprint density at radius 2 is 2.00 bits per heavy atom. The largest absolute Gasteiger partial charge is 0.495 e. The zero-order chi connectivity index (χ0) is 14.5. The molecular formula is C13H22N2O3S. The molecule has 0 atom stereocenters. The highest BCUT2D eigenvalue weighted by molar-refractivity contribution is 7.89. The molecule has 19 heavy (non-hydrogen) atoms. The van der Waals surface area contributed by atoms with E-state index in [4.69, 9.17) is 4.74 Å². The average molecular weight is 286 g/mol. The van der Waals surface area contributed by atoms with Crippen LogP contribution in [0.2, 0.25) is 0 Å². The molecule has 0 aliphatic rings. The second kappa shape index (κ2) is 6.88. The first-order chi connectivity index (χ1) is 8.90. The topological polar surface area (TPSA) is 58.6 Å². The highest BCUT2D eigenvalue weighted by atomic mass is 32.2. The molecule has 108 valence electrons. The number of methoxy groups -OCH3 is 1. The summed E-state index contributed by atoms with van der Waals surface area (Å²) in [5.41, 5.74) is 0.966. The van der Waals surface area contributed by atoms with Crippen LogP contribution in [0.25, 0.3) is 0 Å². The van der Waals surface area contributed by atoms with Gasteiger partial charge in [0.1, 0.15) is 10.6 Å². The zero-order valence-electron chi connectivity index (χ0n) is 11.9. The number of ether oxygens (including phenoxy) is 1. The van der Waals surface area contributed by atoms with Crippen molar-refractivity contribution in [2.24, 2.45) is 0 Å². The first kappa shape index (κ1) is 15.9. The van der Waals surface area contributed by atoms with Crippen molar-refractivity contribution in [1.29, 1.82) is 0 Å². The number of hydrogen-bond donors (Lipinski definition) is 1. The number of sulfonamides is 1. The molecule has 1 aromatic carbocycles. The maximum Gasteiger partial charge on any atom is 0.244 e. The Balaban J connectivity index is 2.98. The van der Waals surface area contributed by atoms with E-state index in [1.54, 1.807) is 12.1 Å². The van der Waals surface area contributed by atoms with Gasteiger partial charge in [0.2, 0.25) is 10.0 Å². The summed E-state index contributed by atoms with van der Waals surface area (Å²) < 4.78 is 32.2. The molecule has 0 aliphatic carbocycles.